The molecular weight excluding hydrogens is 248 g/mol. The summed E-state index contributed by atoms with van der Waals surface area (Å²) in [6.45, 7) is 0.263. The van der Waals surface area contributed by atoms with Gasteiger partial charge in [0.25, 0.3) is 0 Å². The molecule has 0 radical (unpaired) electrons. The van der Waals surface area contributed by atoms with Gasteiger partial charge in [0.1, 0.15) is 0 Å². The number of rotatable bonds is 5. The van der Waals surface area contributed by atoms with Gasteiger partial charge < -0.3 is 15.3 Å². The normalized spacial score (nSPS) is 22.6. The first-order valence-electron chi connectivity index (χ1n) is 6.64. The molecule has 0 aromatic heterocycles. The van der Waals surface area contributed by atoms with Crippen LogP contribution in [0.25, 0.3) is 0 Å². The molecule has 2 atom stereocenters. The topological polar surface area (TPSA) is 86.7 Å². The first-order chi connectivity index (χ1) is 8.93. The van der Waals surface area contributed by atoms with E-state index in [4.69, 9.17) is 5.11 Å². The molecule has 1 rings (SSSR count). The summed E-state index contributed by atoms with van der Waals surface area (Å²) in [5.41, 5.74) is 0. The van der Waals surface area contributed by atoms with Gasteiger partial charge in [0.15, 0.2) is 0 Å². The van der Waals surface area contributed by atoms with Gasteiger partial charge in [-0.3, -0.25) is 14.4 Å². The van der Waals surface area contributed by atoms with Crippen molar-refractivity contribution in [3.05, 3.63) is 0 Å². The van der Waals surface area contributed by atoms with Crippen molar-refractivity contribution in [2.24, 2.45) is 11.8 Å². The molecule has 19 heavy (non-hydrogen) atoms. The smallest absolute Gasteiger partial charge is 0.307 e. The van der Waals surface area contributed by atoms with Crippen LogP contribution in [0.4, 0.5) is 0 Å². The van der Waals surface area contributed by atoms with Crippen molar-refractivity contribution in [1.29, 1.82) is 0 Å². The molecule has 1 aliphatic carbocycles. The van der Waals surface area contributed by atoms with Gasteiger partial charge >= 0.3 is 5.97 Å². The van der Waals surface area contributed by atoms with Gasteiger partial charge in [0.2, 0.25) is 11.8 Å². The summed E-state index contributed by atoms with van der Waals surface area (Å²) in [5.74, 6) is -2.24. The summed E-state index contributed by atoms with van der Waals surface area (Å²) in [7, 11) is 3.32. The van der Waals surface area contributed by atoms with Gasteiger partial charge in [-0.1, -0.05) is 12.8 Å². The number of carboxylic acids is 1. The minimum absolute atomic E-state index is 0.0567. The lowest BCUT2D eigenvalue weighted by Crippen LogP contribution is -2.40. The molecule has 0 aromatic carbocycles. The predicted octanol–water partition coefficient (Wildman–Crippen LogP) is 0.472. The van der Waals surface area contributed by atoms with Crippen LogP contribution in [0.5, 0.6) is 0 Å². The fourth-order valence-electron chi connectivity index (χ4n) is 2.39. The van der Waals surface area contributed by atoms with E-state index in [0.717, 1.165) is 12.8 Å². The molecule has 0 saturated heterocycles. The van der Waals surface area contributed by atoms with Crippen molar-refractivity contribution in [2.75, 3.05) is 20.6 Å². The quantitative estimate of drug-likeness (QED) is 0.760. The summed E-state index contributed by atoms with van der Waals surface area (Å²) in [5, 5.41) is 11.8. The third-order valence-electron chi connectivity index (χ3n) is 3.56. The Bertz CT molecular complexity index is 355. The van der Waals surface area contributed by atoms with Crippen LogP contribution in [-0.2, 0) is 14.4 Å². The van der Waals surface area contributed by atoms with Crippen LogP contribution in [0.15, 0.2) is 0 Å². The van der Waals surface area contributed by atoms with E-state index in [1.807, 2.05) is 0 Å². The second-order valence-corrected chi connectivity index (χ2v) is 5.16. The average molecular weight is 270 g/mol. The second-order valence-electron chi connectivity index (χ2n) is 5.16. The minimum atomic E-state index is -0.899. The lowest BCUT2D eigenvalue weighted by atomic mass is 9.78. The Morgan fingerprint density at radius 1 is 1.16 bits per heavy atom. The van der Waals surface area contributed by atoms with Gasteiger partial charge in [-0.2, -0.15) is 0 Å². The van der Waals surface area contributed by atoms with E-state index in [9.17, 15) is 14.4 Å². The highest BCUT2D eigenvalue weighted by molar-refractivity contribution is 5.85. The van der Waals surface area contributed by atoms with Crippen LogP contribution in [0.1, 0.15) is 32.1 Å². The summed E-state index contributed by atoms with van der Waals surface area (Å²) in [6, 6.07) is 0. The molecule has 2 N–H and O–H groups in total. The standard InChI is InChI=1S/C13H22N2O4/c1-15(2)11(16)7-8-14-12(17)9-5-3-4-6-10(9)13(18)19/h9-10H,3-8H2,1-2H3,(H,14,17)(H,18,19). The van der Waals surface area contributed by atoms with Crippen molar-refractivity contribution in [1.82, 2.24) is 10.2 Å². The van der Waals surface area contributed by atoms with Crippen molar-refractivity contribution in [3.8, 4) is 0 Å². The largest absolute Gasteiger partial charge is 0.481 e. The average Bonchev–Trinajstić information content (AvgIpc) is 2.38. The summed E-state index contributed by atoms with van der Waals surface area (Å²) in [6.07, 6.45) is 3.16. The second kappa shape index (κ2) is 7.11. The monoisotopic (exact) mass is 270 g/mol. The third kappa shape index (κ3) is 4.54. The maximum atomic E-state index is 12.0. The number of hydrogen-bond acceptors (Lipinski definition) is 3. The lowest BCUT2D eigenvalue weighted by Gasteiger charge is -2.27. The third-order valence-corrected chi connectivity index (χ3v) is 3.56. The zero-order chi connectivity index (χ0) is 14.4. The Morgan fingerprint density at radius 2 is 1.74 bits per heavy atom. The van der Waals surface area contributed by atoms with E-state index < -0.39 is 17.8 Å². The maximum Gasteiger partial charge on any atom is 0.307 e. The van der Waals surface area contributed by atoms with E-state index in [2.05, 4.69) is 5.32 Å². The molecule has 0 spiro atoms. The first-order valence-corrected chi connectivity index (χ1v) is 6.64. The number of nitrogens with zero attached hydrogens (tertiary/aromatic N) is 1. The zero-order valence-electron chi connectivity index (χ0n) is 11.5. The fraction of sp³-hybridized carbons (Fsp3) is 0.769. The van der Waals surface area contributed by atoms with Gasteiger partial charge in [-0.05, 0) is 12.8 Å². The molecule has 2 amide bonds. The predicted molar refractivity (Wildman–Crippen MR) is 69.4 cm³/mol. The molecule has 0 heterocycles. The molecule has 6 heteroatoms. The van der Waals surface area contributed by atoms with Crippen LogP contribution in [0, 0.1) is 11.8 Å². The molecule has 1 saturated carbocycles. The van der Waals surface area contributed by atoms with E-state index in [1.165, 1.54) is 4.90 Å². The van der Waals surface area contributed by atoms with Crippen molar-refractivity contribution in [3.63, 3.8) is 0 Å². The zero-order valence-corrected chi connectivity index (χ0v) is 11.5. The summed E-state index contributed by atoms with van der Waals surface area (Å²) in [4.78, 5) is 35.9. The Balaban J connectivity index is 2.43. The summed E-state index contributed by atoms with van der Waals surface area (Å²) >= 11 is 0. The van der Waals surface area contributed by atoms with Crippen LogP contribution in [0.2, 0.25) is 0 Å². The van der Waals surface area contributed by atoms with Crippen molar-refractivity contribution >= 4 is 17.8 Å². The molecular formula is C13H22N2O4. The van der Waals surface area contributed by atoms with E-state index in [-0.39, 0.29) is 24.8 Å². The molecule has 0 aliphatic heterocycles. The Hall–Kier alpha value is -1.59. The SMILES string of the molecule is CN(C)C(=O)CCNC(=O)C1CCCCC1C(=O)O. The molecule has 2 unspecified atom stereocenters. The highest BCUT2D eigenvalue weighted by Crippen LogP contribution is 2.30. The van der Waals surface area contributed by atoms with Gasteiger partial charge in [0, 0.05) is 27.1 Å². The molecule has 1 fully saturated rings. The van der Waals surface area contributed by atoms with Crippen molar-refractivity contribution < 1.29 is 19.5 Å². The number of carbonyl (C=O) groups excluding carboxylic acids is 2. The van der Waals surface area contributed by atoms with Gasteiger partial charge in [-0.25, -0.2) is 0 Å². The molecule has 6 nitrogen and oxygen atoms in total. The van der Waals surface area contributed by atoms with Gasteiger partial charge in [0.05, 0.1) is 11.8 Å². The number of nitrogens with one attached hydrogen (secondary N) is 1. The number of aliphatic carboxylic acids is 1. The van der Waals surface area contributed by atoms with Crippen LogP contribution >= 0.6 is 0 Å². The number of carbonyl (C=O) groups is 3. The Labute approximate surface area is 113 Å². The van der Waals surface area contributed by atoms with Gasteiger partial charge in [-0.15, -0.1) is 0 Å². The molecule has 1 aliphatic rings. The van der Waals surface area contributed by atoms with Crippen molar-refractivity contribution in [2.45, 2.75) is 32.1 Å². The lowest BCUT2D eigenvalue weighted by molar-refractivity contribution is -0.149. The number of amides is 2. The Kier molecular flexibility index (Phi) is 5.79. The van der Waals surface area contributed by atoms with Crippen LogP contribution < -0.4 is 5.32 Å². The minimum Gasteiger partial charge on any atom is -0.481 e. The first kappa shape index (κ1) is 15.5. The highest BCUT2D eigenvalue weighted by Gasteiger charge is 2.35. The molecule has 0 bridgehead atoms. The van der Waals surface area contributed by atoms with E-state index in [0.29, 0.717) is 12.8 Å². The Morgan fingerprint density at radius 3 is 2.26 bits per heavy atom. The van der Waals surface area contributed by atoms with E-state index >= 15 is 0 Å². The van der Waals surface area contributed by atoms with Crippen LogP contribution in [0.3, 0.4) is 0 Å². The fourth-order valence-corrected chi connectivity index (χ4v) is 2.39. The number of hydrogen-bond donors (Lipinski definition) is 2. The number of carboxylic acid groups (broad SMARTS) is 1. The molecule has 108 valence electrons. The molecule has 0 aromatic rings. The highest BCUT2D eigenvalue weighted by atomic mass is 16.4. The summed E-state index contributed by atoms with van der Waals surface area (Å²) < 4.78 is 0. The van der Waals surface area contributed by atoms with Crippen LogP contribution in [-0.4, -0.2) is 48.4 Å². The maximum absolute atomic E-state index is 12.0. The van der Waals surface area contributed by atoms with E-state index in [1.54, 1.807) is 14.1 Å².